The van der Waals surface area contributed by atoms with Gasteiger partial charge in [0.05, 0.1) is 6.04 Å². The number of hydrogen-bond donors (Lipinski definition) is 0. The van der Waals surface area contributed by atoms with E-state index in [-0.39, 0.29) is 11.9 Å². The van der Waals surface area contributed by atoms with Gasteiger partial charge in [0.2, 0.25) is 5.91 Å². The zero-order chi connectivity index (χ0) is 12.4. The van der Waals surface area contributed by atoms with Gasteiger partial charge in [0.1, 0.15) is 0 Å². The Morgan fingerprint density at radius 3 is 2.94 bits per heavy atom. The van der Waals surface area contributed by atoms with Gasteiger partial charge >= 0.3 is 0 Å². The maximum atomic E-state index is 12.0. The molecule has 1 aliphatic rings. The van der Waals surface area contributed by atoms with Gasteiger partial charge in [-0.05, 0) is 32.4 Å². The van der Waals surface area contributed by atoms with Gasteiger partial charge in [-0.15, -0.1) is 11.6 Å². The van der Waals surface area contributed by atoms with Crippen LogP contribution in [-0.2, 0) is 11.3 Å². The summed E-state index contributed by atoms with van der Waals surface area (Å²) in [4.78, 5) is 14.0. The third-order valence-corrected chi connectivity index (χ3v) is 3.80. The molecule has 0 radical (unpaired) electrons. The first-order chi connectivity index (χ1) is 8.15. The maximum absolute atomic E-state index is 12.0. The molecule has 0 fully saturated rings. The molecule has 17 heavy (non-hydrogen) atoms. The van der Waals surface area contributed by atoms with Crippen LogP contribution in [0, 0.1) is 6.92 Å². The van der Waals surface area contributed by atoms with Gasteiger partial charge in [0, 0.05) is 36.8 Å². The van der Waals surface area contributed by atoms with Gasteiger partial charge in [-0.3, -0.25) is 4.79 Å². The Morgan fingerprint density at radius 1 is 1.47 bits per heavy atom. The van der Waals surface area contributed by atoms with Crippen LogP contribution < -0.4 is 0 Å². The third kappa shape index (κ3) is 2.34. The summed E-state index contributed by atoms with van der Waals surface area (Å²) < 4.78 is 2.30. The van der Waals surface area contributed by atoms with Crippen LogP contribution in [0.4, 0.5) is 0 Å². The van der Waals surface area contributed by atoms with Gasteiger partial charge in [0.15, 0.2) is 0 Å². The fraction of sp³-hybridized carbons (Fsp3) is 0.615. The van der Waals surface area contributed by atoms with Crippen LogP contribution in [-0.4, -0.2) is 27.8 Å². The molecule has 94 valence electrons. The van der Waals surface area contributed by atoms with E-state index in [4.69, 9.17) is 11.6 Å². The molecular formula is C13H19ClN2O. The number of amides is 1. The Balaban J connectivity index is 2.11. The molecule has 0 spiro atoms. The zero-order valence-corrected chi connectivity index (χ0v) is 11.2. The number of carbonyl (C=O) groups excluding carboxylic acids is 1. The lowest BCUT2D eigenvalue weighted by Gasteiger charge is -2.35. The summed E-state index contributed by atoms with van der Waals surface area (Å²) >= 11 is 5.63. The first-order valence-corrected chi connectivity index (χ1v) is 6.70. The van der Waals surface area contributed by atoms with Crippen molar-refractivity contribution in [3.8, 4) is 0 Å². The number of rotatable bonds is 3. The Morgan fingerprint density at radius 2 is 2.24 bits per heavy atom. The number of alkyl halides is 1. The highest BCUT2D eigenvalue weighted by atomic mass is 35.5. The highest BCUT2D eigenvalue weighted by Crippen LogP contribution is 2.27. The molecule has 2 heterocycles. The Hall–Kier alpha value is -0.960. The molecule has 1 amide bonds. The Kier molecular flexibility index (Phi) is 3.77. The first kappa shape index (κ1) is 12.5. The molecule has 3 nitrogen and oxygen atoms in total. The SMILES string of the molecule is Cc1ccc2n1CCN(C(=O)CCCCl)C2C. The highest BCUT2D eigenvalue weighted by molar-refractivity contribution is 6.17. The molecule has 1 aromatic rings. The summed E-state index contributed by atoms with van der Waals surface area (Å²) in [6.07, 6.45) is 1.33. The summed E-state index contributed by atoms with van der Waals surface area (Å²) in [6, 6.07) is 4.43. The van der Waals surface area contributed by atoms with Crippen LogP contribution in [0.5, 0.6) is 0 Å². The standard InChI is InChI=1S/C13H19ClN2O/c1-10-5-6-12-11(2)16(9-8-15(10)12)13(17)4-3-7-14/h5-6,11H,3-4,7-9H2,1-2H3. The molecule has 0 bridgehead atoms. The lowest BCUT2D eigenvalue weighted by Crippen LogP contribution is -2.41. The third-order valence-electron chi connectivity index (χ3n) is 3.54. The summed E-state index contributed by atoms with van der Waals surface area (Å²) in [7, 11) is 0. The fourth-order valence-corrected chi connectivity index (χ4v) is 2.66. The molecule has 1 unspecified atom stereocenters. The van der Waals surface area contributed by atoms with Crippen molar-refractivity contribution in [3.63, 3.8) is 0 Å². The second kappa shape index (κ2) is 5.13. The van der Waals surface area contributed by atoms with Gasteiger partial charge in [-0.25, -0.2) is 0 Å². The van der Waals surface area contributed by atoms with E-state index in [9.17, 15) is 4.79 Å². The average molecular weight is 255 g/mol. The van der Waals surface area contributed by atoms with Gasteiger partial charge in [-0.1, -0.05) is 0 Å². The molecule has 0 N–H and O–H groups in total. The monoisotopic (exact) mass is 254 g/mol. The molecule has 1 atom stereocenters. The van der Waals surface area contributed by atoms with Gasteiger partial charge in [-0.2, -0.15) is 0 Å². The lowest BCUT2D eigenvalue weighted by atomic mass is 10.1. The number of aryl methyl sites for hydroxylation is 1. The second-order valence-electron chi connectivity index (χ2n) is 4.61. The van der Waals surface area contributed by atoms with Crippen molar-refractivity contribution in [1.82, 2.24) is 9.47 Å². The van der Waals surface area contributed by atoms with Crippen LogP contribution in [0.15, 0.2) is 12.1 Å². The van der Waals surface area contributed by atoms with Crippen LogP contribution >= 0.6 is 11.6 Å². The summed E-state index contributed by atoms with van der Waals surface area (Å²) in [5.41, 5.74) is 2.52. The number of fused-ring (bicyclic) bond motifs is 1. The largest absolute Gasteiger partial charge is 0.345 e. The van der Waals surface area contributed by atoms with Crippen molar-refractivity contribution >= 4 is 17.5 Å². The molecule has 2 rings (SSSR count). The van der Waals surface area contributed by atoms with Crippen LogP contribution in [0.3, 0.4) is 0 Å². The van der Waals surface area contributed by atoms with E-state index < -0.39 is 0 Å². The predicted molar refractivity (Wildman–Crippen MR) is 69.3 cm³/mol. The van der Waals surface area contributed by atoms with Crippen molar-refractivity contribution in [2.24, 2.45) is 0 Å². The fourth-order valence-electron chi connectivity index (χ4n) is 2.52. The molecule has 0 saturated heterocycles. The van der Waals surface area contributed by atoms with E-state index in [1.807, 2.05) is 4.90 Å². The quantitative estimate of drug-likeness (QED) is 0.762. The van der Waals surface area contributed by atoms with Crippen molar-refractivity contribution in [2.75, 3.05) is 12.4 Å². The van der Waals surface area contributed by atoms with Crippen molar-refractivity contribution in [1.29, 1.82) is 0 Å². The Bertz CT molecular complexity index is 414. The van der Waals surface area contributed by atoms with E-state index in [1.54, 1.807) is 0 Å². The molecule has 1 aromatic heterocycles. The number of hydrogen-bond acceptors (Lipinski definition) is 1. The molecule has 4 heteroatoms. The minimum Gasteiger partial charge on any atom is -0.345 e. The zero-order valence-electron chi connectivity index (χ0n) is 10.4. The Labute approximate surface area is 107 Å². The average Bonchev–Trinajstić information content (AvgIpc) is 2.69. The van der Waals surface area contributed by atoms with Crippen molar-refractivity contribution in [2.45, 2.75) is 39.3 Å². The summed E-state index contributed by atoms with van der Waals surface area (Å²) in [5, 5.41) is 0. The second-order valence-corrected chi connectivity index (χ2v) is 4.98. The minimum absolute atomic E-state index is 0.181. The van der Waals surface area contributed by atoms with E-state index in [0.717, 1.165) is 19.5 Å². The number of nitrogens with zero attached hydrogens (tertiary/aromatic N) is 2. The molecule has 0 aliphatic carbocycles. The molecular weight excluding hydrogens is 236 g/mol. The topological polar surface area (TPSA) is 25.2 Å². The summed E-state index contributed by atoms with van der Waals surface area (Å²) in [6.45, 7) is 5.93. The van der Waals surface area contributed by atoms with Gasteiger partial charge < -0.3 is 9.47 Å². The molecule has 1 aliphatic heterocycles. The van der Waals surface area contributed by atoms with E-state index >= 15 is 0 Å². The van der Waals surface area contributed by atoms with Crippen LogP contribution in [0.25, 0.3) is 0 Å². The lowest BCUT2D eigenvalue weighted by molar-refractivity contribution is -0.134. The van der Waals surface area contributed by atoms with E-state index in [1.165, 1.54) is 11.4 Å². The molecule has 0 aromatic carbocycles. The van der Waals surface area contributed by atoms with Crippen molar-refractivity contribution in [3.05, 3.63) is 23.5 Å². The maximum Gasteiger partial charge on any atom is 0.223 e. The van der Waals surface area contributed by atoms with E-state index in [0.29, 0.717) is 12.3 Å². The van der Waals surface area contributed by atoms with Gasteiger partial charge in [0.25, 0.3) is 0 Å². The van der Waals surface area contributed by atoms with Crippen molar-refractivity contribution < 1.29 is 4.79 Å². The first-order valence-electron chi connectivity index (χ1n) is 6.16. The number of aromatic nitrogens is 1. The summed E-state index contributed by atoms with van der Waals surface area (Å²) in [5.74, 6) is 0.784. The number of halogens is 1. The van der Waals surface area contributed by atoms with E-state index in [2.05, 4.69) is 30.5 Å². The smallest absolute Gasteiger partial charge is 0.223 e. The predicted octanol–water partition coefficient (Wildman–Crippen LogP) is 2.72. The molecule has 0 saturated carbocycles. The highest BCUT2D eigenvalue weighted by Gasteiger charge is 2.27. The van der Waals surface area contributed by atoms with Crippen LogP contribution in [0.1, 0.15) is 37.2 Å². The minimum atomic E-state index is 0.181. The normalized spacial score (nSPS) is 19.2. The van der Waals surface area contributed by atoms with Crippen LogP contribution in [0.2, 0.25) is 0 Å². The number of carbonyl (C=O) groups is 1.